The van der Waals surface area contributed by atoms with Gasteiger partial charge in [-0.3, -0.25) is 19.4 Å². The number of alkyl halides is 5. The molecule has 3 heterocycles. The minimum atomic E-state index is -4.59. The normalized spacial score (nSPS) is 12.9. The first-order valence-corrected chi connectivity index (χ1v) is 12.6. The standard InChI is InChI=1S/C27H23F6N7O3/c28-19(14-40-15-21(37-38-40)24(41)35-12-16-10-18(13-34-11-16)27(31,32)33)6-8-39-9-7-20(23(30)26(39)43)36-25(42)22(29)17-4-2-1-3-5-17/h1-5,7,9-11,13,15,19,22H,6,8,12,14H2,(H,35,41)(H,36,42). The van der Waals surface area contributed by atoms with Gasteiger partial charge in [0.25, 0.3) is 17.4 Å². The Morgan fingerprint density at radius 2 is 1.79 bits per heavy atom. The average Bonchev–Trinajstić information content (AvgIpc) is 3.46. The third kappa shape index (κ3) is 8.05. The highest BCUT2D eigenvalue weighted by atomic mass is 19.4. The van der Waals surface area contributed by atoms with Gasteiger partial charge in [-0.15, -0.1) is 5.10 Å². The van der Waals surface area contributed by atoms with Gasteiger partial charge in [0.2, 0.25) is 12.0 Å². The topological polar surface area (TPSA) is 124 Å². The summed E-state index contributed by atoms with van der Waals surface area (Å²) in [4.78, 5) is 40.3. The Morgan fingerprint density at radius 3 is 2.51 bits per heavy atom. The van der Waals surface area contributed by atoms with E-state index in [0.717, 1.165) is 40.0 Å². The van der Waals surface area contributed by atoms with Crippen molar-refractivity contribution in [1.29, 1.82) is 0 Å². The summed E-state index contributed by atoms with van der Waals surface area (Å²) in [7, 11) is 0. The van der Waals surface area contributed by atoms with Crippen molar-refractivity contribution in [2.75, 3.05) is 5.32 Å². The molecule has 0 fully saturated rings. The zero-order chi connectivity index (χ0) is 31.1. The van der Waals surface area contributed by atoms with Crippen LogP contribution in [0.3, 0.4) is 0 Å². The monoisotopic (exact) mass is 607 g/mol. The molecule has 4 aromatic rings. The summed E-state index contributed by atoms with van der Waals surface area (Å²) in [6.45, 7) is -0.905. The van der Waals surface area contributed by atoms with Crippen molar-refractivity contribution in [1.82, 2.24) is 29.9 Å². The number of amides is 2. The number of nitrogens with one attached hydrogen (secondary N) is 2. The minimum absolute atomic E-state index is 0.0514. The first-order chi connectivity index (χ1) is 20.4. The lowest BCUT2D eigenvalue weighted by molar-refractivity contribution is -0.137. The number of halogens is 6. The molecule has 226 valence electrons. The average molecular weight is 608 g/mol. The van der Waals surface area contributed by atoms with Gasteiger partial charge in [-0.05, 0) is 29.7 Å². The van der Waals surface area contributed by atoms with Crippen LogP contribution in [0, 0.1) is 5.82 Å². The molecule has 2 unspecified atom stereocenters. The Hall–Kier alpha value is -5.02. The van der Waals surface area contributed by atoms with Gasteiger partial charge >= 0.3 is 6.18 Å². The maximum Gasteiger partial charge on any atom is 0.417 e. The van der Waals surface area contributed by atoms with Crippen LogP contribution in [-0.4, -0.2) is 42.5 Å². The van der Waals surface area contributed by atoms with Gasteiger partial charge < -0.3 is 15.2 Å². The molecule has 2 N–H and O–H groups in total. The quantitative estimate of drug-likeness (QED) is 0.249. The van der Waals surface area contributed by atoms with Crippen molar-refractivity contribution in [3.8, 4) is 0 Å². The van der Waals surface area contributed by atoms with Gasteiger partial charge in [-0.25, -0.2) is 13.5 Å². The smallest absolute Gasteiger partial charge is 0.346 e. The van der Waals surface area contributed by atoms with Crippen molar-refractivity contribution >= 4 is 17.5 Å². The third-order valence-corrected chi connectivity index (χ3v) is 6.10. The first kappa shape index (κ1) is 30.9. The fourth-order valence-electron chi connectivity index (χ4n) is 3.87. The fraction of sp³-hybridized carbons (Fsp3) is 0.259. The van der Waals surface area contributed by atoms with Gasteiger partial charge in [-0.1, -0.05) is 35.5 Å². The Kier molecular flexibility index (Phi) is 9.57. The lowest BCUT2D eigenvalue weighted by atomic mass is 10.1. The molecule has 43 heavy (non-hydrogen) atoms. The molecule has 2 amide bonds. The SMILES string of the molecule is O=C(NCc1cncc(C(F)(F)F)c1)c1cn(CC(F)CCn2ccc(NC(=O)C(F)c3ccccc3)c(F)c2=O)nn1. The van der Waals surface area contributed by atoms with Crippen molar-refractivity contribution in [2.24, 2.45) is 0 Å². The van der Waals surface area contributed by atoms with Gasteiger partial charge in [0.1, 0.15) is 6.17 Å². The molecule has 1 aromatic carbocycles. The summed E-state index contributed by atoms with van der Waals surface area (Å²) in [6, 6.07) is 9.33. The van der Waals surface area contributed by atoms with Gasteiger partial charge in [-0.2, -0.15) is 17.6 Å². The number of aryl methyl sites for hydroxylation is 1. The van der Waals surface area contributed by atoms with Crippen LogP contribution in [0.4, 0.5) is 32.0 Å². The summed E-state index contributed by atoms with van der Waals surface area (Å²) in [5.74, 6) is -3.28. The molecule has 4 rings (SSSR count). The van der Waals surface area contributed by atoms with Crippen LogP contribution in [0.2, 0.25) is 0 Å². The Bertz CT molecular complexity index is 1640. The van der Waals surface area contributed by atoms with Gasteiger partial charge in [0.05, 0.1) is 24.0 Å². The zero-order valence-corrected chi connectivity index (χ0v) is 22.1. The summed E-state index contributed by atoms with van der Waals surface area (Å²) >= 11 is 0. The Morgan fingerprint density at radius 1 is 1.05 bits per heavy atom. The number of nitrogens with zero attached hydrogens (tertiary/aromatic N) is 5. The number of hydrogen-bond donors (Lipinski definition) is 2. The molecule has 0 saturated heterocycles. The predicted molar refractivity (Wildman–Crippen MR) is 140 cm³/mol. The maximum atomic E-state index is 14.6. The van der Waals surface area contributed by atoms with E-state index in [1.165, 1.54) is 24.3 Å². The molecule has 0 saturated carbocycles. The fourth-order valence-corrected chi connectivity index (χ4v) is 3.87. The zero-order valence-electron chi connectivity index (χ0n) is 22.1. The van der Waals surface area contributed by atoms with Crippen LogP contribution in [0.25, 0.3) is 0 Å². The van der Waals surface area contributed by atoms with Crippen molar-refractivity contribution < 1.29 is 35.9 Å². The number of aromatic nitrogens is 5. The number of benzene rings is 1. The Labute approximate surface area is 239 Å². The number of carbonyl (C=O) groups is 2. The summed E-state index contributed by atoms with van der Waals surface area (Å²) < 4.78 is 84.0. The molecule has 2 atom stereocenters. The van der Waals surface area contributed by atoms with E-state index in [0.29, 0.717) is 6.20 Å². The maximum absolute atomic E-state index is 14.6. The minimum Gasteiger partial charge on any atom is -0.346 e. The molecule has 0 aliphatic rings. The number of rotatable bonds is 11. The predicted octanol–water partition coefficient (Wildman–Crippen LogP) is 4.00. The second-order valence-corrected chi connectivity index (χ2v) is 9.28. The van der Waals surface area contributed by atoms with E-state index in [1.807, 2.05) is 5.32 Å². The van der Waals surface area contributed by atoms with Crippen LogP contribution >= 0.6 is 0 Å². The van der Waals surface area contributed by atoms with Crippen molar-refractivity contribution in [2.45, 2.75) is 44.6 Å². The highest BCUT2D eigenvalue weighted by Crippen LogP contribution is 2.29. The number of pyridine rings is 2. The summed E-state index contributed by atoms with van der Waals surface area (Å²) in [5, 5.41) is 11.7. The highest BCUT2D eigenvalue weighted by molar-refractivity contribution is 5.94. The van der Waals surface area contributed by atoms with Crippen molar-refractivity contribution in [3.63, 3.8) is 0 Å². The molecule has 3 aromatic heterocycles. The molecule has 0 bridgehead atoms. The molecule has 0 aliphatic heterocycles. The van der Waals surface area contributed by atoms with Crippen LogP contribution in [-0.2, 0) is 30.6 Å². The molecule has 0 radical (unpaired) electrons. The lowest BCUT2D eigenvalue weighted by Crippen LogP contribution is -2.27. The lowest BCUT2D eigenvalue weighted by Gasteiger charge is -2.13. The second kappa shape index (κ2) is 13.3. The molecular weight excluding hydrogens is 584 g/mol. The van der Waals surface area contributed by atoms with Gasteiger partial charge in [0, 0.05) is 31.7 Å². The highest BCUT2D eigenvalue weighted by Gasteiger charge is 2.31. The van der Waals surface area contributed by atoms with E-state index in [4.69, 9.17) is 0 Å². The molecule has 10 nitrogen and oxygen atoms in total. The molecule has 0 aliphatic carbocycles. The van der Waals surface area contributed by atoms with E-state index in [1.54, 1.807) is 6.07 Å². The van der Waals surface area contributed by atoms with Crippen molar-refractivity contribution in [3.05, 3.63) is 106 Å². The van der Waals surface area contributed by atoms with Crippen LogP contribution in [0.15, 0.2) is 72.0 Å². The molecule has 0 spiro atoms. The largest absolute Gasteiger partial charge is 0.417 e. The second-order valence-electron chi connectivity index (χ2n) is 9.28. The van der Waals surface area contributed by atoms with E-state index >= 15 is 0 Å². The molecular formula is C27H23F6N7O3. The van der Waals surface area contributed by atoms with E-state index in [2.05, 4.69) is 20.6 Å². The number of hydrogen-bond acceptors (Lipinski definition) is 6. The van der Waals surface area contributed by atoms with Crippen LogP contribution < -0.4 is 16.2 Å². The summed E-state index contributed by atoms with van der Waals surface area (Å²) in [6.07, 6.45) is -4.49. The third-order valence-electron chi connectivity index (χ3n) is 6.10. The molecule has 16 heteroatoms. The Balaban J connectivity index is 1.28. The van der Waals surface area contributed by atoms with Crippen LogP contribution in [0.1, 0.15) is 39.8 Å². The van der Waals surface area contributed by atoms with Crippen LogP contribution in [0.5, 0.6) is 0 Å². The van der Waals surface area contributed by atoms with E-state index in [-0.39, 0.29) is 42.9 Å². The van der Waals surface area contributed by atoms with E-state index < -0.39 is 53.0 Å². The first-order valence-electron chi connectivity index (χ1n) is 12.6. The van der Waals surface area contributed by atoms with Gasteiger partial charge in [0.15, 0.2) is 5.69 Å². The number of anilines is 1. The van der Waals surface area contributed by atoms with E-state index in [9.17, 15) is 40.7 Å². The summed E-state index contributed by atoms with van der Waals surface area (Å²) in [5.41, 5.74) is -2.72. The number of carbonyl (C=O) groups excluding carboxylic acids is 2.